The Balaban J connectivity index is 1.44. The Bertz CT molecular complexity index is 1080. The summed E-state index contributed by atoms with van der Waals surface area (Å²) in [6.45, 7) is 6.12. The first-order valence-corrected chi connectivity index (χ1v) is 10.6. The molecule has 0 atom stereocenters. The number of anilines is 2. The van der Waals surface area contributed by atoms with Crippen LogP contribution >= 0.6 is 0 Å². The summed E-state index contributed by atoms with van der Waals surface area (Å²) < 4.78 is 5.19. The minimum Gasteiger partial charge on any atom is -0.467 e. The number of amides is 3. The van der Waals surface area contributed by atoms with Gasteiger partial charge >= 0.3 is 0 Å². The fourth-order valence-electron chi connectivity index (χ4n) is 2.93. The topological polar surface area (TPSA) is 112 Å². The summed E-state index contributed by atoms with van der Waals surface area (Å²) in [4.78, 5) is 36.6. The number of benzene rings is 2. The van der Waals surface area contributed by atoms with Gasteiger partial charge in [0.15, 0.2) is 0 Å². The second-order valence-corrected chi connectivity index (χ2v) is 8.52. The third-order valence-electron chi connectivity index (χ3n) is 4.52. The van der Waals surface area contributed by atoms with Gasteiger partial charge in [0.2, 0.25) is 5.91 Å². The summed E-state index contributed by atoms with van der Waals surface area (Å²) in [7, 11) is 0. The first-order chi connectivity index (χ1) is 15.7. The predicted molar refractivity (Wildman–Crippen MR) is 127 cm³/mol. The molecule has 0 saturated heterocycles. The highest BCUT2D eigenvalue weighted by atomic mass is 16.3. The van der Waals surface area contributed by atoms with Crippen LogP contribution in [0.5, 0.6) is 0 Å². The molecule has 0 fully saturated rings. The van der Waals surface area contributed by atoms with Gasteiger partial charge in [0, 0.05) is 28.0 Å². The minimum atomic E-state index is -0.311. The van der Waals surface area contributed by atoms with Gasteiger partial charge in [0.1, 0.15) is 5.76 Å². The van der Waals surface area contributed by atoms with Crippen molar-refractivity contribution < 1.29 is 18.8 Å². The summed E-state index contributed by atoms with van der Waals surface area (Å²) >= 11 is 0. The van der Waals surface area contributed by atoms with E-state index in [0.717, 1.165) is 5.69 Å². The van der Waals surface area contributed by atoms with Crippen LogP contribution in [0.4, 0.5) is 11.4 Å². The molecule has 0 radical (unpaired) electrons. The number of rotatable bonds is 8. The number of nitrogens with one attached hydrogen (secondary N) is 4. The molecule has 172 valence electrons. The Kier molecular flexibility index (Phi) is 7.50. The number of hydrogen-bond donors (Lipinski definition) is 4. The highest BCUT2D eigenvalue weighted by Gasteiger charge is 2.15. The lowest BCUT2D eigenvalue weighted by molar-refractivity contribution is -0.114. The molecule has 3 aromatic rings. The highest BCUT2D eigenvalue weighted by molar-refractivity contribution is 5.97. The van der Waals surface area contributed by atoms with Crippen molar-refractivity contribution in [3.8, 4) is 0 Å². The molecule has 0 aliphatic heterocycles. The monoisotopic (exact) mass is 448 g/mol. The summed E-state index contributed by atoms with van der Waals surface area (Å²) in [5.74, 6) is 0.0533. The third-order valence-corrected chi connectivity index (χ3v) is 4.52. The lowest BCUT2D eigenvalue weighted by atomic mass is 10.1. The Morgan fingerprint density at radius 1 is 0.818 bits per heavy atom. The average Bonchev–Trinajstić information content (AvgIpc) is 3.29. The first-order valence-electron chi connectivity index (χ1n) is 10.6. The molecular weight excluding hydrogens is 420 g/mol. The van der Waals surface area contributed by atoms with Crippen molar-refractivity contribution in [2.75, 3.05) is 17.2 Å². The second kappa shape index (κ2) is 10.5. The Morgan fingerprint density at radius 3 is 2.00 bits per heavy atom. The molecule has 0 aliphatic carbocycles. The molecule has 2 aromatic carbocycles. The molecule has 0 aliphatic rings. The highest BCUT2D eigenvalue weighted by Crippen LogP contribution is 2.12. The Labute approximate surface area is 192 Å². The number of hydrogen-bond acceptors (Lipinski definition) is 5. The zero-order valence-corrected chi connectivity index (χ0v) is 18.9. The molecule has 0 unspecified atom stereocenters. The van der Waals surface area contributed by atoms with Crippen molar-refractivity contribution in [1.82, 2.24) is 10.6 Å². The molecule has 1 heterocycles. The maximum Gasteiger partial charge on any atom is 0.251 e. The maximum atomic E-state index is 12.2. The van der Waals surface area contributed by atoms with Crippen LogP contribution in [0.3, 0.4) is 0 Å². The molecule has 3 rings (SSSR count). The van der Waals surface area contributed by atoms with Gasteiger partial charge in [-0.2, -0.15) is 0 Å². The molecule has 0 spiro atoms. The van der Waals surface area contributed by atoms with Crippen LogP contribution in [0, 0.1) is 0 Å². The average molecular weight is 449 g/mol. The molecule has 4 N–H and O–H groups in total. The normalized spacial score (nSPS) is 10.9. The van der Waals surface area contributed by atoms with E-state index in [1.165, 1.54) is 0 Å². The molecule has 0 saturated carbocycles. The lowest BCUT2D eigenvalue weighted by Gasteiger charge is -2.20. The van der Waals surface area contributed by atoms with Crippen molar-refractivity contribution in [2.45, 2.75) is 32.9 Å². The molecule has 3 amide bonds. The van der Waals surface area contributed by atoms with E-state index in [1.54, 1.807) is 66.9 Å². The molecule has 33 heavy (non-hydrogen) atoms. The fourth-order valence-corrected chi connectivity index (χ4v) is 2.93. The van der Waals surface area contributed by atoms with Gasteiger partial charge in [-0.15, -0.1) is 0 Å². The SMILES string of the molecule is CC(C)(C)NC(=O)c1ccc(NCC(=O)Nc2ccc(C(=O)NCc3ccco3)cc2)cc1. The Hall–Kier alpha value is -4.07. The smallest absolute Gasteiger partial charge is 0.251 e. The van der Waals surface area contributed by atoms with Crippen LogP contribution in [0.2, 0.25) is 0 Å². The number of carbonyl (C=O) groups is 3. The number of furan rings is 1. The van der Waals surface area contributed by atoms with Gasteiger partial charge in [0.05, 0.1) is 19.4 Å². The maximum absolute atomic E-state index is 12.2. The first kappa shape index (κ1) is 23.6. The summed E-state index contributed by atoms with van der Waals surface area (Å²) in [6.07, 6.45) is 1.55. The molecule has 0 bridgehead atoms. The Morgan fingerprint density at radius 2 is 1.42 bits per heavy atom. The lowest BCUT2D eigenvalue weighted by Crippen LogP contribution is -2.40. The summed E-state index contributed by atoms with van der Waals surface area (Å²) in [5, 5.41) is 11.5. The van der Waals surface area contributed by atoms with E-state index in [0.29, 0.717) is 29.1 Å². The minimum absolute atomic E-state index is 0.0545. The van der Waals surface area contributed by atoms with Crippen molar-refractivity contribution in [1.29, 1.82) is 0 Å². The molecule has 1 aromatic heterocycles. The fraction of sp³-hybridized carbons (Fsp3) is 0.240. The van der Waals surface area contributed by atoms with Gasteiger partial charge < -0.3 is 25.7 Å². The van der Waals surface area contributed by atoms with Gasteiger partial charge in [-0.3, -0.25) is 14.4 Å². The van der Waals surface area contributed by atoms with E-state index >= 15 is 0 Å². The van der Waals surface area contributed by atoms with Crippen molar-refractivity contribution in [3.63, 3.8) is 0 Å². The van der Waals surface area contributed by atoms with Crippen molar-refractivity contribution in [2.24, 2.45) is 0 Å². The van der Waals surface area contributed by atoms with Gasteiger partial charge in [-0.25, -0.2) is 0 Å². The molecular formula is C25H28N4O4. The van der Waals surface area contributed by atoms with Crippen LogP contribution in [0.15, 0.2) is 71.3 Å². The largest absolute Gasteiger partial charge is 0.467 e. The van der Waals surface area contributed by atoms with E-state index in [-0.39, 0.29) is 29.8 Å². The summed E-state index contributed by atoms with van der Waals surface area (Å²) in [6, 6.07) is 17.1. The van der Waals surface area contributed by atoms with Gasteiger partial charge in [-0.1, -0.05) is 0 Å². The van der Waals surface area contributed by atoms with Crippen LogP contribution in [0.25, 0.3) is 0 Å². The van der Waals surface area contributed by atoms with Crippen LogP contribution in [-0.4, -0.2) is 29.8 Å². The standard InChI is InChI=1S/C25H28N4O4/c1-25(2,3)29-24(32)18-6-10-19(11-7-18)26-16-22(30)28-20-12-8-17(9-13-20)23(31)27-15-21-5-4-14-33-21/h4-14,26H,15-16H2,1-3H3,(H,27,31)(H,28,30)(H,29,32). The van der Waals surface area contributed by atoms with Gasteiger partial charge in [-0.05, 0) is 81.4 Å². The van der Waals surface area contributed by atoms with Crippen molar-refractivity contribution in [3.05, 3.63) is 83.8 Å². The van der Waals surface area contributed by atoms with Crippen LogP contribution in [0.1, 0.15) is 47.2 Å². The van der Waals surface area contributed by atoms with Crippen molar-refractivity contribution >= 4 is 29.1 Å². The van der Waals surface area contributed by atoms with E-state index < -0.39 is 0 Å². The zero-order valence-electron chi connectivity index (χ0n) is 18.9. The van der Waals surface area contributed by atoms with Gasteiger partial charge in [0.25, 0.3) is 11.8 Å². The predicted octanol–water partition coefficient (Wildman–Crippen LogP) is 3.79. The van der Waals surface area contributed by atoms with E-state index in [4.69, 9.17) is 4.42 Å². The quantitative estimate of drug-likeness (QED) is 0.419. The van der Waals surface area contributed by atoms with Crippen LogP contribution < -0.4 is 21.3 Å². The third kappa shape index (κ3) is 7.53. The molecule has 8 nitrogen and oxygen atoms in total. The second-order valence-electron chi connectivity index (χ2n) is 8.52. The zero-order chi connectivity index (χ0) is 23.8. The number of carbonyl (C=O) groups excluding carboxylic acids is 3. The molecule has 8 heteroatoms. The van der Waals surface area contributed by atoms with E-state index in [2.05, 4.69) is 21.3 Å². The van der Waals surface area contributed by atoms with E-state index in [1.807, 2.05) is 20.8 Å². The summed E-state index contributed by atoms with van der Waals surface area (Å²) in [5.41, 5.74) is 2.02. The van der Waals surface area contributed by atoms with E-state index in [9.17, 15) is 14.4 Å². The van der Waals surface area contributed by atoms with Crippen LogP contribution in [-0.2, 0) is 11.3 Å².